The Balaban J connectivity index is 1.71. The zero-order valence-corrected chi connectivity index (χ0v) is 16.4. The Labute approximate surface area is 168 Å². The second-order valence-electron chi connectivity index (χ2n) is 5.88. The number of thiophene rings is 1. The maximum Gasteiger partial charge on any atom is 0.433 e. The predicted octanol–water partition coefficient (Wildman–Crippen LogP) is 5.19. The van der Waals surface area contributed by atoms with E-state index in [1.165, 1.54) is 11.3 Å². The molecular weight excluding hydrogens is 407 g/mol. The van der Waals surface area contributed by atoms with Crippen molar-refractivity contribution in [3.63, 3.8) is 0 Å². The van der Waals surface area contributed by atoms with Crippen LogP contribution < -0.4 is 5.32 Å². The molecule has 1 atom stereocenters. The van der Waals surface area contributed by atoms with Crippen LogP contribution in [-0.2, 0) is 11.0 Å². The molecule has 0 radical (unpaired) electrons. The van der Waals surface area contributed by atoms with Crippen LogP contribution in [-0.4, -0.2) is 21.6 Å². The van der Waals surface area contributed by atoms with Crippen molar-refractivity contribution in [2.75, 3.05) is 5.75 Å². The standard InChI is InChI=1S/C19H16F3N3OS2/c1-12(13-6-3-2-4-7-13)23-17(26)11-28-18-24-14(15-8-5-9-27-15)10-16(25-18)19(20,21)22/h2-10,12H,11H2,1H3,(H,23,26)/t12-/m0/s1. The van der Waals surface area contributed by atoms with E-state index in [9.17, 15) is 18.0 Å². The molecule has 2 heterocycles. The van der Waals surface area contributed by atoms with Crippen LogP contribution in [0.5, 0.6) is 0 Å². The number of hydrogen-bond acceptors (Lipinski definition) is 5. The van der Waals surface area contributed by atoms with Crippen molar-refractivity contribution >= 4 is 29.0 Å². The van der Waals surface area contributed by atoms with Crippen molar-refractivity contribution in [2.45, 2.75) is 24.3 Å². The van der Waals surface area contributed by atoms with Crippen molar-refractivity contribution in [1.29, 1.82) is 0 Å². The van der Waals surface area contributed by atoms with Crippen molar-refractivity contribution in [3.8, 4) is 10.6 Å². The van der Waals surface area contributed by atoms with Gasteiger partial charge in [-0.3, -0.25) is 4.79 Å². The number of nitrogens with zero attached hydrogens (tertiary/aromatic N) is 2. The van der Waals surface area contributed by atoms with E-state index in [1.54, 1.807) is 17.5 Å². The lowest BCUT2D eigenvalue weighted by molar-refractivity contribution is -0.141. The van der Waals surface area contributed by atoms with Crippen molar-refractivity contribution in [2.24, 2.45) is 0 Å². The summed E-state index contributed by atoms with van der Waals surface area (Å²) in [5.74, 6) is -0.387. The third kappa shape index (κ3) is 5.32. The van der Waals surface area contributed by atoms with Crippen LogP contribution in [0, 0.1) is 0 Å². The van der Waals surface area contributed by atoms with E-state index in [0.717, 1.165) is 23.4 Å². The van der Waals surface area contributed by atoms with E-state index < -0.39 is 11.9 Å². The number of alkyl halides is 3. The van der Waals surface area contributed by atoms with Crippen molar-refractivity contribution < 1.29 is 18.0 Å². The van der Waals surface area contributed by atoms with Gasteiger partial charge in [-0.2, -0.15) is 13.2 Å². The minimum Gasteiger partial charge on any atom is -0.349 e. The van der Waals surface area contributed by atoms with E-state index in [0.29, 0.717) is 4.88 Å². The monoisotopic (exact) mass is 423 g/mol. The Hall–Kier alpha value is -2.39. The number of carbonyl (C=O) groups excluding carboxylic acids is 1. The van der Waals surface area contributed by atoms with E-state index in [-0.39, 0.29) is 28.6 Å². The zero-order valence-electron chi connectivity index (χ0n) is 14.7. The summed E-state index contributed by atoms with van der Waals surface area (Å²) in [5, 5.41) is 4.50. The minimum atomic E-state index is -4.59. The van der Waals surface area contributed by atoms with Crippen LogP contribution in [0.15, 0.2) is 59.1 Å². The molecule has 0 aliphatic carbocycles. The van der Waals surface area contributed by atoms with Gasteiger partial charge in [0.05, 0.1) is 22.4 Å². The second-order valence-corrected chi connectivity index (χ2v) is 7.77. The van der Waals surface area contributed by atoms with Crippen LogP contribution in [0.25, 0.3) is 10.6 Å². The highest BCUT2D eigenvalue weighted by molar-refractivity contribution is 7.99. The first-order chi connectivity index (χ1) is 13.3. The Bertz CT molecular complexity index is 931. The normalized spacial score (nSPS) is 12.6. The lowest BCUT2D eigenvalue weighted by Crippen LogP contribution is -2.28. The molecule has 1 N–H and O–H groups in total. The highest BCUT2D eigenvalue weighted by atomic mass is 32.2. The molecule has 3 aromatic rings. The zero-order chi connectivity index (χ0) is 20.1. The van der Waals surface area contributed by atoms with Gasteiger partial charge in [-0.1, -0.05) is 48.2 Å². The number of hydrogen-bond donors (Lipinski definition) is 1. The summed E-state index contributed by atoms with van der Waals surface area (Å²) >= 11 is 2.17. The molecule has 2 aromatic heterocycles. The largest absolute Gasteiger partial charge is 0.433 e. The molecule has 28 heavy (non-hydrogen) atoms. The van der Waals surface area contributed by atoms with Crippen LogP contribution in [0.2, 0.25) is 0 Å². The molecule has 1 amide bonds. The van der Waals surface area contributed by atoms with E-state index >= 15 is 0 Å². The highest BCUT2D eigenvalue weighted by Crippen LogP contribution is 2.33. The van der Waals surface area contributed by atoms with Crippen molar-refractivity contribution in [3.05, 3.63) is 65.2 Å². The van der Waals surface area contributed by atoms with Gasteiger partial charge in [0, 0.05) is 0 Å². The Kier molecular flexibility index (Phi) is 6.35. The molecule has 0 fully saturated rings. The second kappa shape index (κ2) is 8.74. The number of benzene rings is 1. The van der Waals surface area contributed by atoms with Gasteiger partial charge in [0.1, 0.15) is 5.69 Å². The Morgan fingerprint density at radius 1 is 1.18 bits per heavy atom. The van der Waals surface area contributed by atoms with Crippen LogP contribution in [0.3, 0.4) is 0 Å². The van der Waals surface area contributed by atoms with E-state index in [4.69, 9.17) is 0 Å². The van der Waals surface area contributed by atoms with Gasteiger partial charge >= 0.3 is 6.18 Å². The van der Waals surface area contributed by atoms with Crippen LogP contribution in [0.4, 0.5) is 13.2 Å². The van der Waals surface area contributed by atoms with Gasteiger partial charge < -0.3 is 5.32 Å². The van der Waals surface area contributed by atoms with E-state index in [2.05, 4.69) is 15.3 Å². The smallest absolute Gasteiger partial charge is 0.349 e. The van der Waals surface area contributed by atoms with Gasteiger partial charge in [-0.15, -0.1) is 11.3 Å². The summed E-state index contributed by atoms with van der Waals surface area (Å²) in [5.41, 5.74) is 0.112. The molecule has 1 aromatic carbocycles. The maximum absolute atomic E-state index is 13.2. The number of rotatable bonds is 6. The molecule has 0 bridgehead atoms. The molecule has 0 spiro atoms. The number of halogens is 3. The molecule has 0 saturated heterocycles. The molecule has 4 nitrogen and oxygen atoms in total. The Morgan fingerprint density at radius 3 is 2.57 bits per heavy atom. The quantitative estimate of drug-likeness (QED) is 0.438. The molecule has 146 valence electrons. The lowest BCUT2D eigenvalue weighted by Gasteiger charge is -2.14. The molecule has 0 unspecified atom stereocenters. The average molecular weight is 423 g/mol. The third-order valence-electron chi connectivity index (χ3n) is 3.78. The van der Waals surface area contributed by atoms with Gasteiger partial charge in [-0.25, -0.2) is 9.97 Å². The maximum atomic E-state index is 13.2. The number of carbonyl (C=O) groups is 1. The predicted molar refractivity (Wildman–Crippen MR) is 104 cm³/mol. The van der Waals surface area contributed by atoms with Gasteiger partial charge in [0.25, 0.3) is 0 Å². The summed E-state index contributed by atoms with van der Waals surface area (Å²) in [7, 11) is 0. The summed E-state index contributed by atoms with van der Waals surface area (Å²) in [6.07, 6.45) is -4.59. The molecule has 9 heteroatoms. The fraction of sp³-hybridized carbons (Fsp3) is 0.211. The number of aromatic nitrogens is 2. The molecule has 0 aliphatic heterocycles. The summed E-state index contributed by atoms with van der Waals surface area (Å²) < 4.78 is 39.5. The van der Waals surface area contributed by atoms with Crippen LogP contribution in [0.1, 0.15) is 24.2 Å². The Morgan fingerprint density at radius 2 is 1.93 bits per heavy atom. The number of amides is 1. The number of nitrogens with one attached hydrogen (secondary N) is 1. The average Bonchev–Trinajstić information content (AvgIpc) is 3.21. The van der Waals surface area contributed by atoms with Gasteiger partial charge in [0.2, 0.25) is 5.91 Å². The molecular formula is C19H16F3N3OS2. The third-order valence-corrected chi connectivity index (χ3v) is 5.52. The first-order valence-corrected chi connectivity index (χ1v) is 10.2. The fourth-order valence-electron chi connectivity index (χ4n) is 2.42. The first kappa shape index (κ1) is 20.3. The molecule has 0 aliphatic rings. The van der Waals surface area contributed by atoms with Crippen LogP contribution >= 0.6 is 23.1 Å². The summed E-state index contributed by atoms with van der Waals surface area (Å²) in [4.78, 5) is 20.6. The van der Waals surface area contributed by atoms with Gasteiger partial charge in [-0.05, 0) is 30.0 Å². The topological polar surface area (TPSA) is 54.9 Å². The van der Waals surface area contributed by atoms with Crippen molar-refractivity contribution in [1.82, 2.24) is 15.3 Å². The summed E-state index contributed by atoms with van der Waals surface area (Å²) in [6.45, 7) is 1.84. The molecule has 0 saturated carbocycles. The molecule has 3 rings (SSSR count). The summed E-state index contributed by atoms with van der Waals surface area (Å²) in [6, 6.07) is 13.5. The lowest BCUT2D eigenvalue weighted by atomic mass is 10.1. The highest BCUT2D eigenvalue weighted by Gasteiger charge is 2.34. The number of thioether (sulfide) groups is 1. The minimum absolute atomic E-state index is 0.0810. The fourth-order valence-corrected chi connectivity index (χ4v) is 3.78. The van der Waals surface area contributed by atoms with E-state index in [1.807, 2.05) is 37.3 Å². The van der Waals surface area contributed by atoms with Gasteiger partial charge in [0.15, 0.2) is 5.16 Å². The SMILES string of the molecule is C[C@H](NC(=O)CSc1nc(-c2cccs2)cc(C(F)(F)F)n1)c1ccccc1. The first-order valence-electron chi connectivity index (χ1n) is 8.30.